The van der Waals surface area contributed by atoms with E-state index in [4.69, 9.17) is 0 Å². The van der Waals surface area contributed by atoms with Gasteiger partial charge in [0.25, 0.3) is 0 Å². The van der Waals surface area contributed by atoms with E-state index in [1.165, 1.54) is 0 Å². The van der Waals surface area contributed by atoms with Crippen LogP contribution in [0.5, 0.6) is 0 Å². The molecule has 2 atom stereocenters. The summed E-state index contributed by atoms with van der Waals surface area (Å²) < 4.78 is 22.7. The Hall–Kier alpha value is -0.0900. The predicted molar refractivity (Wildman–Crippen MR) is 59.1 cm³/mol. The molecule has 0 aromatic rings. The molecule has 0 radical (unpaired) electrons. The van der Waals surface area contributed by atoms with Gasteiger partial charge in [-0.05, 0) is 25.3 Å². The van der Waals surface area contributed by atoms with E-state index in [0.717, 1.165) is 25.8 Å². The first-order chi connectivity index (χ1) is 6.59. The Kier molecular flexibility index (Phi) is 4.38. The molecule has 0 aromatic carbocycles. The average Bonchev–Trinajstić information content (AvgIpc) is 2.46. The largest absolute Gasteiger partial charge is 0.314 e. The van der Waals surface area contributed by atoms with Crippen molar-refractivity contribution >= 4 is 9.84 Å². The van der Waals surface area contributed by atoms with E-state index in [9.17, 15) is 8.42 Å². The normalized spacial score (nSPS) is 27.7. The lowest BCUT2D eigenvalue weighted by atomic mass is 9.95. The van der Waals surface area contributed by atoms with Crippen molar-refractivity contribution in [2.24, 2.45) is 5.92 Å². The van der Waals surface area contributed by atoms with Gasteiger partial charge in [0.1, 0.15) is 0 Å². The second-order valence-electron chi connectivity index (χ2n) is 4.12. The van der Waals surface area contributed by atoms with Crippen molar-refractivity contribution in [3.63, 3.8) is 0 Å². The Morgan fingerprint density at radius 3 is 2.57 bits per heavy atom. The Morgan fingerprint density at radius 2 is 2.14 bits per heavy atom. The van der Waals surface area contributed by atoms with Gasteiger partial charge in [-0.15, -0.1) is 0 Å². The van der Waals surface area contributed by atoms with Gasteiger partial charge in [-0.2, -0.15) is 0 Å². The summed E-state index contributed by atoms with van der Waals surface area (Å²) in [5.41, 5.74) is 0. The smallest absolute Gasteiger partial charge is 0.150 e. The highest BCUT2D eigenvalue weighted by Gasteiger charge is 2.32. The molecule has 4 heteroatoms. The van der Waals surface area contributed by atoms with Crippen molar-refractivity contribution in [1.29, 1.82) is 0 Å². The fourth-order valence-corrected chi connectivity index (χ4v) is 4.10. The average molecular weight is 219 g/mol. The molecule has 1 rings (SSSR count). The molecule has 0 spiro atoms. The summed E-state index contributed by atoms with van der Waals surface area (Å²) in [7, 11) is -2.72. The Morgan fingerprint density at radius 1 is 1.43 bits per heavy atom. The molecule has 1 N–H and O–H groups in total. The number of hydrogen-bond donors (Lipinski definition) is 1. The van der Waals surface area contributed by atoms with Crippen LogP contribution in [0, 0.1) is 5.92 Å². The first-order valence-corrected chi connectivity index (χ1v) is 7.35. The fraction of sp³-hybridized carbons (Fsp3) is 1.00. The number of sulfone groups is 1. The third-order valence-corrected chi connectivity index (χ3v) is 4.70. The van der Waals surface area contributed by atoms with E-state index in [2.05, 4.69) is 19.2 Å². The van der Waals surface area contributed by atoms with Crippen LogP contribution in [0.3, 0.4) is 0 Å². The summed E-state index contributed by atoms with van der Waals surface area (Å²) in [5.74, 6) is 1.13. The highest BCUT2D eigenvalue weighted by atomic mass is 32.2. The van der Waals surface area contributed by atoms with E-state index in [-0.39, 0.29) is 0 Å². The number of nitrogens with one attached hydrogen (secondary N) is 1. The standard InChI is InChI=1S/C10H21NO2S/c1-3-5-10(11-4-2)9-6-7-14(12,13)8-9/h9-11H,3-8H2,1-2H3. The lowest BCUT2D eigenvalue weighted by Gasteiger charge is -2.22. The SMILES string of the molecule is CCCC(NCC)C1CCS(=O)(=O)C1. The second-order valence-corrected chi connectivity index (χ2v) is 6.34. The summed E-state index contributed by atoms with van der Waals surface area (Å²) in [6.07, 6.45) is 3.06. The van der Waals surface area contributed by atoms with Crippen molar-refractivity contribution in [2.75, 3.05) is 18.1 Å². The van der Waals surface area contributed by atoms with Crippen LogP contribution in [0.1, 0.15) is 33.1 Å². The van der Waals surface area contributed by atoms with Crippen molar-refractivity contribution in [1.82, 2.24) is 5.32 Å². The molecule has 0 saturated carbocycles. The molecule has 0 amide bonds. The fourth-order valence-electron chi connectivity index (χ4n) is 2.22. The van der Waals surface area contributed by atoms with Crippen molar-refractivity contribution in [3.8, 4) is 0 Å². The van der Waals surface area contributed by atoms with Gasteiger partial charge in [-0.1, -0.05) is 20.3 Å². The lowest BCUT2D eigenvalue weighted by molar-refractivity contribution is 0.365. The Labute approximate surface area is 87.2 Å². The minimum atomic E-state index is -2.72. The van der Waals surface area contributed by atoms with E-state index >= 15 is 0 Å². The van der Waals surface area contributed by atoms with Crippen LogP contribution in [0.4, 0.5) is 0 Å². The van der Waals surface area contributed by atoms with E-state index in [1.54, 1.807) is 0 Å². The van der Waals surface area contributed by atoms with Crippen LogP contribution >= 0.6 is 0 Å². The zero-order chi connectivity index (χ0) is 10.6. The third kappa shape index (κ3) is 3.24. The Balaban J connectivity index is 2.52. The van der Waals surface area contributed by atoms with E-state index < -0.39 is 9.84 Å². The molecular weight excluding hydrogens is 198 g/mol. The monoisotopic (exact) mass is 219 g/mol. The van der Waals surface area contributed by atoms with Crippen LogP contribution in [-0.4, -0.2) is 32.5 Å². The molecule has 1 aliphatic heterocycles. The van der Waals surface area contributed by atoms with Crippen molar-refractivity contribution in [3.05, 3.63) is 0 Å². The minimum absolute atomic E-state index is 0.347. The van der Waals surface area contributed by atoms with Gasteiger partial charge in [0.15, 0.2) is 9.84 Å². The number of hydrogen-bond acceptors (Lipinski definition) is 3. The molecule has 84 valence electrons. The summed E-state index contributed by atoms with van der Waals surface area (Å²) in [5, 5.41) is 3.40. The molecule has 14 heavy (non-hydrogen) atoms. The highest BCUT2D eigenvalue weighted by molar-refractivity contribution is 7.91. The third-order valence-electron chi connectivity index (χ3n) is 2.90. The molecule has 1 aliphatic rings. The van der Waals surface area contributed by atoms with E-state index in [1.807, 2.05) is 0 Å². The van der Waals surface area contributed by atoms with Gasteiger partial charge in [0.2, 0.25) is 0 Å². The van der Waals surface area contributed by atoms with Gasteiger partial charge < -0.3 is 5.32 Å². The van der Waals surface area contributed by atoms with Crippen molar-refractivity contribution < 1.29 is 8.42 Å². The summed E-state index contributed by atoms with van der Waals surface area (Å²) in [6.45, 7) is 5.15. The van der Waals surface area contributed by atoms with Crippen molar-refractivity contribution in [2.45, 2.75) is 39.2 Å². The van der Waals surface area contributed by atoms with Gasteiger partial charge in [-0.25, -0.2) is 8.42 Å². The molecule has 2 unspecified atom stereocenters. The van der Waals surface area contributed by atoms with Crippen LogP contribution in [0.15, 0.2) is 0 Å². The highest BCUT2D eigenvalue weighted by Crippen LogP contribution is 2.24. The minimum Gasteiger partial charge on any atom is -0.314 e. The molecule has 1 saturated heterocycles. The summed E-state index contributed by atoms with van der Waals surface area (Å²) in [4.78, 5) is 0. The quantitative estimate of drug-likeness (QED) is 0.756. The van der Waals surface area contributed by atoms with Gasteiger partial charge >= 0.3 is 0 Å². The zero-order valence-corrected chi connectivity index (χ0v) is 9.94. The number of rotatable bonds is 5. The molecule has 0 aliphatic carbocycles. The Bertz CT molecular complexity index is 255. The van der Waals surface area contributed by atoms with Crippen LogP contribution in [0.2, 0.25) is 0 Å². The summed E-state index contributed by atoms with van der Waals surface area (Å²) >= 11 is 0. The molecule has 0 bridgehead atoms. The topological polar surface area (TPSA) is 46.2 Å². The molecule has 1 fully saturated rings. The van der Waals surface area contributed by atoms with Gasteiger partial charge in [0, 0.05) is 6.04 Å². The molecule has 0 aromatic heterocycles. The maximum absolute atomic E-state index is 11.3. The van der Waals surface area contributed by atoms with Gasteiger partial charge in [0.05, 0.1) is 11.5 Å². The molecular formula is C10H21NO2S. The van der Waals surface area contributed by atoms with E-state index in [0.29, 0.717) is 23.5 Å². The second kappa shape index (κ2) is 5.12. The predicted octanol–water partition coefficient (Wildman–Crippen LogP) is 1.20. The molecule has 1 heterocycles. The maximum atomic E-state index is 11.3. The first kappa shape index (κ1) is 12.0. The zero-order valence-electron chi connectivity index (χ0n) is 9.12. The lowest BCUT2D eigenvalue weighted by Crippen LogP contribution is -2.36. The maximum Gasteiger partial charge on any atom is 0.150 e. The van der Waals surface area contributed by atoms with Crippen LogP contribution < -0.4 is 5.32 Å². The summed E-state index contributed by atoms with van der Waals surface area (Å²) in [6, 6.07) is 0.405. The molecule has 3 nitrogen and oxygen atoms in total. The van der Waals surface area contributed by atoms with Crippen LogP contribution in [0.25, 0.3) is 0 Å². The van der Waals surface area contributed by atoms with Gasteiger partial charge in [-0.3, -0.25) is 0 Å². The van der Waals surface area contributed by atoms with Crippen LogP contribution in [-0.2, 0) is 9.84 Å². The first-order valence-electron chi connectivity index (χ1n) is 5.53.